The van der Waals surface area contributed by atoms with E-state index in [0.717, 1.165) is 29.2 Å². The van der Waals surface area contributed by atoms with E-state index in [1.165, 1.54) is 0 Å². The van der Waals surface area contributed by atoms with Gasteiger partial charge in [0.15, 0.2) is 11.5 Å². The van der Waals surface area contributed by atoms with Crippen LogP contribution in [0.15, 0.2) is 41.0 Å². The van der Waals surface area contributed by atoms with Gasteiger partial charge in [0.05, 0.1) is 20.5 Å². The van der Waals surface area contributed by atoms with Crippen LogP contribution in [0.2, 0.25) is 0 Å². The van der Waals surface area contributed by atoms with Gasteiger partial charge in [-0.2, -0.15) is 0 Å². The van der Waals surface area contributed by atoms with Crippen LogP contribution in [0.4, 0.5) is 0 Å². The van der Waals surface area contributed by atoms with Crippen molar-refractivity contribution < 1.29 is 13.9 Å². The zero-order valence-electron chi connectivity index (χ0n) is 11.5. The number of likely N-dealkylation sites (N-methyl/N-ethyl adjacent to an activating group) is 1. The minimum absolute atomic E-state index is 0.172. The third-order valence-corrected chi connectivity index (χ3v) is 3.14. The Morgan fingerprint density at radius 2 is 1.95 bits per heavy atom. The van der Waals surface area contributed by atoms with Crippen molar-refractivity contribution in [3.8, 4) is 11.5 Å². The van der Waals surface area contributed by atoms with Crippen molar-refractivity contribution in [3.05, 3.63) is 47.9 Å². The van der Waals surface area contributed by atoms with Gasteiger partial charge < -0.3 is 19.2 Å². The first-order chi connectivity index (χ1) is 9.28. The van der Waals surface area contributed by atoms with Gasteiger partial charge in [-0.25, -0.2) is 0 Å². The van der Waals surface area contributed by atoms with Crippen LogP contribution in [-0.4, -0.2) is 21.3 Å². The molecule has 0 aliphatic heterocycles. The molecule has 0 saturated carbocycles. The van der Waals surface area contributed by atoms with Gasteiger partial charge >= 0.3 is 0 Å². The highest BCUT2D eigenvalue weighted by molar-refractivity contribution is 5.44. The van der Waals surface area contributed by atoms with Crippen LogP contribution in [0.1, 0.15) is 17.4 Å². The van der Waals surface area contributed by atoms with E-state index >= 15 is 0 Å². The number of hydrogen-bond donors (Lipinski definition) is 1. The van der Waals surface area contributed by atoms with Gasteiger partial charge in [-0.15, -0.1) is 0 Å². The molecular formula is C15H19NO3. The maximum absolute atomic E-state index is 5.39. The van der Waals surface area contributed by atoms with E-state index in [2.05, 4.69) is 5.32 Å². The summed E-state index contributed by atoms with van der Waals surface area (Å²) in [5, 5.41) is 3.29. The molecule has 1 aromatic carbocycles. The van der Waals surface area contributed by atoms with Crippen molar-refractivity contribution in [2.24, 2.45) is 0 Å². The Hall–Kier alpha value is -1.94. The molecule has 0 aliphatic carbocycles. The fourth-order valence-electron chi connectivity index (χ4n) is 2.09. The summed E-state index contributed by atoms with van der Waals surface area (Å²) >= 11 is 0. The minimum atomic E-state index is 0.172. The molecule has 19 heavy (non-hydrogen) atoms. The molecule has 2 aromatic rings. The van der Waals surface area contributed by atoms with Crippen molar-refractivity contribution in [2.45, 2.75) is 12.5 Å². The summed E-state index contributed by atoms with van der Waals surface area (Å²) in [5.41, 5.74) is 1.14. The molecule has 1 N–H and O–H groups in total. The molecule has 0 amide bonds. The normalized spacial score (nSPS) is 12.2. The zero-order chi connectivity index (χ0) is 13.7. The lowest BCUT2D eigenvalue weighted by Crippen LogP contribution is -2.18. The standard InChI is InChI=1S/C15H19NO3/c1-16-13(10-12-5-4-8-19-12)11-6-7-14(17-2)15(9-11)18-3/h4-9,13,16H,10H2,1-3H3. The lowest BCUT2D eigenvalue weighted by atomic mass is 10.0. The van der Waals surface area contributed by atoms with Crippen LogP contribution in [0.5, 0.6) is 11.5 Å². The number of rotatable bonds is 6. The summed E-state index contributed by atoms with van der Waals surface area (Å²) in [6.45, 7) is 0. The van der Waals surface area contributed by atoms with Crippen LogP contribution in [0.25, 0.3) is 0 Å². The van der Waals surface area contributed by atoms with Gasteiger partial charge in [0.1, 0.15) is 5.76 Å². The van der Waals surface area contributed by atoms with E-state index in [1.807, 2.05) is 37.4 Å². The smallest absolute Gasteiger partial charge is 0.161 e. The number of methoxy groups -OCH3 is 2. The Bertz CT molecular complexity index is 508. The minimum Gasteiger partial charge on any atom is -0.493 e. The molecule has 0 fully saturated rings. The summed E-state index contributed by atoms with van der Waals surface area (Å²) in [6.07, 6.45) is 2.48. The van der Waals surface area contributed by atoms with Gasteiger partial charge in [-0.1, -0.05) is 6.07 Å². The highest BCUT2D eigenvalue weighted by Crippen LogP contribution is 2.30. The second-order valence-corrected chi connectivity index (χ2v) is 4.24. The van der Waals surface area contributed by atoms with Gasteiger partial charge in [-0.3, -0.25) is 0 Å². The molecule has 1 unspecified atom stereocenters. The van der Waals surface area contributed by atoms with Crippen LogP contribution in [0, 0.1) is 0 Å². The predicted molar refractivity (Wildman–Crippen MR) is 73.8 cm³/mol. The Kier molecular flexibility index (Phi) is 4.47. The Morgan fingerprint density at radius 1 is 1.16 bits per heavy atom. The summed E-state index contributed by atoms with van der Waals surface area (Å²) in [6, 6.07) is 9.99. The second-order valence-electron chi connectivity index (χ2n) is 4.24. The first-order valence-electron chi connectivity index (χ1n) is 6.20. The fraction of sp³-hybridized carbons (Fsp3) is 0.333. The first-order valence-corrected chi connectivity index (χ1v) is 6.20. The molecule has 4 nitrogen and oxygen atoms in total. The number of ether oxygens (including phenoxy) is 2. The third-order valence-electron chi connectivity index (χ3n) is 3.14. The summed E-state index contributed by atoms with van der Waals surface area (Å²) in [5.74, 6) is 2.42. The maximum Gasteiger partial charge on any atom is 0.161 e. The molecule has 0 radical (unpaired) electrons. The molecule has 1 aromatic heterocycles. The van der Waals surface area contributed by atoms with Crippen LogP contribution in [0.3, 0.4) is 0 Å². The van der Waals surface area contributed by atoms with Crippen molar-refractivity contribution in [1.82, 2.24) is 5.32 Å². The molecule has 2 rings (SSSR count). The zero-order valence-corrected chi connectivity index (χ0v) is 11.5. The fourth-order valence-corrected chi connectivity index (χ4v) is 2.09. The van der Waals surface area contributed by atoms with Crippen LogP contribution < -0.4 is 14.8 Å². The average molecular weight is 261 g/mol. The molecular weight excluding hydrogens is 242 g/mol. The Morgan fingerprint density at radius 3 is 2.53 bits per heavy atom. The molecule has 1 atom stereocenters. The van der Waals surface area contributed by atoms with Gasteiger partial charge in [0.25, 0.3) is 0 Å². The van der Waals surface area contributed by atoms with Gasteiger partial charge in [0, 0.05) is 12.5 Å². The monoisotopic (exact) mass is 261 g/mol. The molecule has 1 heterocycles. The summed E-state index contributed by atoms with van der Waals surface area (Å²) in [4.78, 5) is 0. The van der Waals surface area contributed by atoms with E-state index in [1.54, 1.807) is 20.5 Å². The number of nitrogens with one attached hydrogen (secondary N) is 1. The molecule has 0 spiro atoms. The summed E-state index contributed by atoms with van der Waals surface area (Å²) in [7, 11) is 5.21. The molecule has 4 heteroatoms. The lowest BCUT2D eigenvalue weighted by Gasteiger charge is -2.17. The van der Waals surface area contributed by atoms with Gasteiger partial charge in [-0.05, 0) is 36.9 Å². The quantitative estimate of drug-likeness (QED) is 0.868. The Balaban J connectivity index is 2.23. The molecule has 0 aliphatic rings. The topological polar surface area (TPSA) is 43.6 Å². The average Bonchev–Trinajstić information content (AvgIpc) is 2.97. The van der Waals surface area contributed by atoms with Crippen molar-refractivity contribution in [3.63, 3.8) is 0 Å². The van der Waals surface area contributed by atoms with E-state index in [9.17, 15) is 0 Å². The predicted octanol–water partition coefficient (Wildman–Crippen LogP) is 2.80. The van der Waals surface area contributed by atoms with E-state index in [0.29, 0.717) is 0 Å². The largest absolute Gasteiger partial charge is 0.493 e. The highest BCUT2D eigenvalue weighted by atomic mass is 16.5. The number of benzene rings is 1. The van der Waals surface area contributed by atoms with Crippen molar-refractivity contribution >= 4 is 0 Å². The highest BCUT2D eigenvalue weighted by Gasteiger charge is 2.14. The number of furan rings is 1. The van der Waals surface area contributed by atoms with Crippen molar-refractivity contribution in [2.75, 3.05) is 21.3 Å². The van der Waals surface area contributed by atoms with Crippen molar-refractivity contribution in [1.29, 1.82) is 0 Å². The van der Waals surface area contributed by atoms with E-state index in [4.69, 9.17) is 13.9 Å². The van der Waals surface area contributed by atoms with Crippen LogP contribution in [-0.2, 0) is 6.42 Å². The Labute approximate surface area is 113 Å². The lowest BCUT2D eigenvalue weighted by molar-refractivity contribution is 0.353. The second kappa shape index (κ2) is 6.29. The third kappa shape index (κ3) is 3.09. The van der Waals surface area contributed by atoms with E-state index in [-0.39, 0.29) is 6.04 Å². The molecule has 102 valence electrons. The van der Waals surface area contributed by atoms with Crippen LogP contribution >= 0.6 is 0 Å². The molecule has 0 bridgehead atoms. The maximum atomic E-state index is 5.39. The number of hydrogen-bond acceptors (Lipinski definition) is 4. The van der Waals surface area contributed by atoms with E-state index < -0.39 is 0 Å². The molecule has 0 saturated heterocycles. The SMILES string of the molecule is CNC(Cc1ccco1)c1ccc(OC)c(OC)c1. The summed E-state index contributed by atoms with van der Waals surface area (Å²) < 4.78 is 16.0. The van der Waals surface area contributed by atoms with Gasteiger partial charge in [0.2, 0.25) is 0 Å². The first kappa shape index (κ1) is 13.5.